The standard InChI is InChI=1S/C24H27ClN6O3/c25-19-15-26-24(27-17-7-9-18(10-8-17)31(11-13-32)12-14-33)30-22(19)28-20-3-1-2-4-21(20)29-23(34)16-5-6-16/h1-4,7-10,15-16,32-33H,5-6,11-14H2,(H,29,34)(H2,26,27,28,30). The van der Waals surface area contributed by atoms with Crippen LogP contribution in [0.25, 0.3) is 0 Å². The van der Waals surface area contributed by atoms with Crippen molar-refractivity contribution in [1.29, 1.82) is 0 Å². The molecule has 178 valence electrons. The zero-order valence-electron chi connectivity index (χ0n) is 18.5. The summed E-state index contributed by atoms with van der Waals surface area (Å²) in [6.45, 7) is 0.875. The minimum atomic E-state index is 0.00177. The second-order valence-electron chi connectivity index (χ2n) is 7.93. The van der Waals surface area contributed by atoms with Gasteiger partial charge >= 0.3 is 0 Å². The summed E-state index contributed by atoms with van der Waals surface area (Å²) >= 11 is 6.33. The summed E-state index contributed by atoms with van der Waals surface area (Å²) in [6, 6.07) is 14.9. The number of nitrogens with one attached hydrogen (secondary N) is 3. The number of carbonyl (C=O) groups excluding carboxylic acids is 1. The minimum absolute atomic E-state index is 0.00177. The highest BCUT2D eigenvalue weighted by atomic mass is 35.5. The molecule has 34 heavy (non-hydrogen) atoms. The van der Waals surface area contributed by atoms with Gasteiger partial charge in [0.05, 0.1) is 30.8 Å². The lowest BCUT2D eigenvalue weighted by Crippen LogP contribution is -2.29. The van der Waals surface area contributed by atoms with Crippen molar-refractivity contribution in [3.8, 4) is 0 Å². The lowest BCUT2D eigenvalue weighted by molar-refractivity contribution is -0.117. The van der Waals surface area contributed by atoms with Gasteiger partial charge in [-0.25, -0.2) is 4.98 Å². The van der Waals surface area contributed by atoms with Crippen LogP contribution in [0.15, 0.2) is 54.7 Å². The SMILES string of the molecule is O=C(Nc1ccccc1Nc1nc(Nc2ccc(N(CCO)CCO)cc2)ncc1Cl)C1CC1. The lowest BCUT2D eigenvalue weighted by atomic mass is 10.2. The molecule has 5 N–H and O–H groups in total. The predicted octanol–water partition coefficient (Wildman–Crippen LogP) is 3.76. The molecule has 0 radical (unpaired) electrons. The van der Waals surface area contributed by atoms with Crippen LogP contribution in [0.5, 0.6) is 0 Å². The molecule has 2 aromatic carbocycles. The van der Waals surface area contributed by atoms with Crippen molar-refractivity contribution in [3.05, 3.63) is 59.8 Å². The second-order valence-corrected chi connectivity index (χ2v) is 8.34. The van der Waals surface area contributed by atoms with E-state index in [1.54, 1.807) is 0 Å². The van der Waals surface area contributed by atoms with Crippen LogP contribution in [0.3, 0.4) is 0 Å². The number of halogens is 1. The molecule has 1 fully saturated rings. The van der Waals surface area contributed by atoms with E-state index in [4.69, 9.17) is 11.6 Å². The Balaban J connectivity index is 1.47. The number of amides is 1. The van der Waals surface area contributed by atoms with Gasteiger partial charge in [0, 0.05) is 30.4 Å². The summed E-state index contributed by atoms with van der Waals surface area (Å²) in [5, 5.41) is 28.1. The van der Waals surface area contributed by atoms with Crippen LogP contribution in [-0.4, -0.2) is 52.4 Å². The molecule has 1 aliphatic rings. The van der Waals surface area contributed by atoms with Crippen molar-refractivity contribution in [2.75, 3.05) is 47.2 Å². The predicted molar refractivity (Wildman–Crippen MR) is 134 cm³/mol. The summed E-state index contributed by atoms with van der Waals surface area (Å²) in [4.78, 5) is 22.9. The van der Waals surface area contributed by atoms with Gasteiger partial charge in [0.2, 0.25) is 11.9 Å². The molecule has 3 aromatic rings. The van der Waals surface area contributed by atoms with E-state index < -0.39 is 0 Å². The number of hydrogen-bond acceptors (Lipinski definition) is 8. The number of nitrogens with zero attached hydrogens (tertiary/aromatic N) is 3. The molecule has 0 spiro atoms. The van der Waals surface area contributed by atoms with E-state index in [-0.39, 0.29) is 25.0 Å². The van der Waals surface area contributed by atoms with Crippen LogP contribution >= 0.6 is 11.6 Å². The van der Waals surface area contributed by atoms with E-state index in [1.165, 1.54) is 6.20 Å². The van der Waals surface area contributed by atoms with Gasteiger partial charge in [-0.15, -0.1) is 0 Å². The normalized spacial score (nSPS) is 12.8. The molecule has 0 unspecified atom stereocenters. The number of rotatable bonds is 11. The first kappa shape index (κ1) is 23.7. The highest BCUT2D eigenvalue weighted by Gasteiger charge is 2.30. The van der Waals surface area contributed by atoms with Gasteiger partial charge < -0.3 is 31.1 Å². The number of carbonyl (C=O) groups is 1. The summed E-state index contributed by atoms with van der Waals surface area (Å²) in [5.41, 5.74) is 3.00. The fraction of sp³-hybridized carbons (Fsp3) is 0.292. The molecular formula is C24H27ClN6O3. The van der Waals surface area contributed by atoms with Gasteiger partial charge in [-0.1, -0.05) is 23.7 Å². The van der Waals surface area contributed by atoms with Gasteiger partial charge in [-0.05, 0) is 49.2 Å². The number of aromatic nitrogens is 2. The number of hydrogen-bond donors (Lipinski definition) is 5. The Morgan fingerprint density at radius 3 is 2.32 bits per heavy atom. The first-order valence-corrected chi connectivity index (χ1v) is 11.5. The zero-order valence-corrected chi connectivity index (χ0v) is 19.3. The number of aliphatic hydroxyl groups excluding tert-OH is 2. The van der Waals surface area contributed by atoms with Crippen LogP contribution in [0.2, 0.25) is 5.02 Å². The van der Waals surface area contributed by atoms with Gasteiger partial charge in [0.1, 0.15) is 5.02 Å². The third-order valence-corrected chi connectivity index (χ3v) is 5.64. The summed E-state index contributed by atoms with van der Waals surface area (Å²) in [7, 11) is 0. The monoisotopic (exact) mass is 482 g/mol. The van der Waals surface area contributed by atoms with E-state index in [0.717, 1.165) is 24.2 Å². The van der Waals surface area contributed by atoms with Crippen molar-refractivity contribution in [3.63, 3.8) is 0 Å². The summed E-state index contributed by atoms with van der Waals surface area (Å²) in [6.07, 6.45) is 3.36. The summed E-state index contributed by atoms with van der Waals surface area (Å²) in [5.74, 6) is 0.866. The maximum atomic E-state index is 12.2. The van der Waals surface area contributed by atoms with E-state index in [0.29, 0.717) is 41.3 Å². The van der Waals surface area contributed by atoms with E-state index in [1.807, 2.05) is 53.4 Å². The molecular weight excluding hydrogens is 456 g/mol. The molecule has 0 aliphatic heterocycles. The zero-order chi connectivity index (χ0) is 23.9. The Morgan fingerprint density at radius 2 is 1.68 bits per heavy atom. The molecule has 0 atom stereocenters. The minimum Gasteiger partial charge on any atom is -0.395 e. The average molecular weight is 483 g/mol. The molecule has 4 rings (SSSR count). The van der Waals surface area contributed by atoms with Crippen LogP contribution in [0, 0.1) is 5.92 Å². The van der Waals surface area contributed by atoms with Crippen LogP contribution in [0.4, 0.5) is 34.5 Å². The third-order valence-electron chi connectivity index (χ3n) is 5.36. The Morgan fingerprint density at radius 1 is 1.00 bits per heavy atom. The molecule has 0 bridgehead atoms. The quantitative estimate of drug-likeness (QED) is 0.280. The highest BCUT2D eigenvalue weighted by molar-refractivity contribution is 6.33. The molecule has 1 amide bonds. The smallest absolute Gasteiger partial charge is 0.229 e. The Hall–Kier alpha value is -3.40. The van der Waals surface area contributed by atoms with Gasteiger partial charge in [0.25, 0.3) is 0 Å². The van der Waals surface area contributed by atoms with Gasteiger partial charge in [0.15, 0.2) is 5.82 Å². The topological polar surface area (TPSA) is 123 Å². The molecule has 9 nitrogen and oxygen atoms in total. The maximum Gasteiger partial charge on any atom is 0.229 e. The first-order chi connectivity index (χ1) is 16.6. The summed E-state index contributed by atoms with van der Waals surface area (Å²) < 4.78 is 0. The van der Waals surface area contributed by atoms with E-state index in [2.05, 4.69) is 25.9 Å². The molecule has 1 saturated carbocycles. The fourth-order valence-corrected chi connectivity index (χ4v) is 3.56. The van der Waals surface area contributed by atoms with Crippen molar-refractivity contribution >= 4 is 52.0 Å². The number of para-hydroxylation sites is 2. The molecule has 10 heteroatoms. The number of aliphatic hydroxyl groups is 2. The van der Waals surface area contributed by atoms with Crippen LogP contribution in [-0.2, 0) is 4.79 Å². The Labute approximate surface area is 202 Å². The molecule has 0 saturated heterocycles. The van der Waals surface area contributed by atoms with Crippen molar-refractivity contribution < 1.29 is 15.0 Å². The average Bonchev–Trinajstić information content (AvgIpc) is 3.69. The van der Waals surface area contributed by atoms with Crippen LogP contribution in [0.1, 0.15) is 12.8 Å². The van der Waals surface area contributed by atoms with Gasteiger partial charge in [-0.3, -0.25) is 4.79 Å². The molecule has 1 aliphatic carbocycles. The van der Waals surface area contributed by atoms with E-state index >= 15 is 0 Å². The molecule has 1 aromatic heterocycles. The second kappa shape index (κ2) is 11.1. The van der Waals surface area contributed by atoms with Crippen LogP contribution < -0.4 is 20.9 Å². The third kappa shape index (κ3) is 6.13. The molecule has 1 heterocycles. The van der Waals surface area contributed by atoms with Crippen molar-refractivity contribution in [2.24, 2.45) is 5.92 Å². The van der Waals surface area contributed by atoms with Gasteiger partial charge in [-0.2, -0.15) is 4.98 Å². The Bertz CT molecular complexity index is 1120. The van der Waals surface area contributed by atoms with Crippen molar-refractivity contribution in [1.82, 2.24) is 9.97 Å². The first-order valence-electron chi connectivity index (χ1n) is 11.1. The maximum absolute atomic E-state index is 12.2. The Kier molecular flexibility index (Phi) is 7.79. The van der Waals surface area contributed by atoms with E-state index in [9.17, 15) is 15.0 Å². The number of benzene rings is 2. The largest absolute Gasteiger partial charge is 0.395 e. The van der Waals surface area contributed by atoms with Crippen molar-refractivity contribution in [2.45, 2.75) is 12.8 Å². The number of anilines is 6. The fourth-order valence-electron chi connectivity index (χ4n) is 3.42. The lowest BCUT2D eigenvalue weighted by Gasteiger charge is -2.23. The highest BCUT2D eigenvalue weighted by Crippen LogP contribution is 2.33.